The number of ether oxygens (including phenoxy) is 1. The Kier molecular flexibility index (Phi) is 6.54. The second kappa shape index (κ2) is 6.82. The molecule has 0 saturated heterocycles. The lowest BCUT2D eigenvalue weighted by Crippen LogP contribution is -2.42. The molecule has 1 N–H and O–H groups in total. The molecule has 0 amide bonds. The zero-order valence-corrected chi connectivity index (χ0v) is 9.96. The van der Waals surface area contributed by atoms with Crippen LogP contribution in [0.15, 0.2) is 0 Å². The van der Waals surface area contributed by atoms with Crippen molar-refractivity contribution < 1.29 is 9.53 Å². The van der Waals surface area contributed by atoms with Gasteiger partial charge in [-0.2, -0.15) is 0 Å². The van der Waals surface area contributed by atoms with E-state index in [0.717, 1.165) is 12.8 Å². The number of hydrogen-bond donors (Lipinski definition) is 1. The van der Waals surface area contributed by atoms with Gasteiger partial charge in [0.25, 0.3) is 0 Å². The van der Waals surface area contributed by atoms with Crippen LogP contribution in [-0.2, 0) is 9.53 Å². The molecule has 0 spiro atoms. The van der Waals surface area contributed by atoms with Crippen molar-refractivity contribution in [2.45, 2.75) is 65.6 Å². The molecule has 0 aromatic rings. The monoisotopic (exact) mass is 201 g/mol. The first kappa shape index (κ1) is 13.4. The van der Waals surface area contributed by atoms with E-state index in [9.17, 15) is 4.79 Å². The summed E-state index contributed by atoms with van der Waals surface area (Å²) in [7, 11) is 0. The average molecular weight is 201 g/mol. The second-order valence-corrected chi connectivity index (χ2v) is 4.15. The largest absolute Gasteiger partial charge is 0.462 e. The molecule has 0 aliphatic carbocycles. The summed E-state index contributed by atoms with van der Waals surface area (Å²) in [6.07, 6.45) is 1.79. The standard InChI is InChI=1S/C11H23NO2/c1-6-7-10(12-8(2)3)11(13)14-9(4)5/h8-10,12H,6-7H2,1-5H3/t10-/m0/s1. The van der Waals surface area contributed by atoms with Gasteiger partial charge in [-0.3, -0.25) is 4.79 Å². The summed E-state index contributed by atoms with van der Waals surface area (Å²) in [6.45, 7) is 9.88. The molecule has 1 atom stereocenters. The smallest absolute Gasteiger partial charge is 0.323 e. The van der Waals surface area contributed by atoms with E-state index in [1.54, 1.807) is 0 Å². The summed E-state index contributed by atoms with van der Waals surface area (Å²) in [4.78, 5) is 11.6. The van der Waals surface area contributed by atoms with Crippen LogP contribution in [0.5, 0.6) is 0 Å². The Morgan fingerprint density at radius 3 is 2.21 bits per heavy atom. The van der Waals surface area contributed by atoms with Crippen molar-refractivity contribution in [3.05, 3.63) is 0 Å². The Morgan fingerprint density at radius 1 is 1.29 bits per heavy atom. The summed E-state index contributed by atoms with van der Waals surface area (Å²) >= 11 is 0. The molecule has 84 valence electrons. The maximum atomic E-state index is 11.6. The van der Waals surface area contributed by atoms with Crippen molar-refractivity contribution in [3.63, 3.8) is 0 Å². The van der Waals surface area contributed by atoms with Crippen molar-refractivity contribution in [1.82, 2.24) is 5.32 Å². The fourth-order valence-corrected chi connectivity index (χ4v) is 1.27. The Morgan fingerprint density at radius 2 is 1.86 bits per heavy atom. The van der Waals surface area contributed by atoms with Crippen LogP contribution in [0.25, 0.3) is 0 Å². The molecule has 0 radical (unpaired) electrons. The van der Waals surface area contributed by atoms with Crippen LogP contribution in [0.2, 0.25) is 0 Å². The molecule has 0 aromatic heterocycles. The lowest BCUT2D eigenvalue weighted by Gasteiger charge is -2.20. The topological polar surface area (TPSA) is 38.3 Å². The highest BCUT2D eigenvalue weighted by atomic mass is 16.5. The molecule has 0 unspecified atom stereocenters. The first-order valence-corrected chi connectivity index (χ1v) is 5.43. The Hall–Kier alpha value is -0.570. The molecule has 0 saturated carbocycles. The molecular formula is C11H23NO2. The summed E-state index contributed by atoms with van der Waals surface area (Å²) in [5.74, 6) is -0.129. The van der Waals surface area contributed by atoms with Gasteiger partial charge < -0.3 is 10.1 Å². The number of hydrogen-bond acceptors (Lipinski definition) is 3. The van der Waals surface area contributed by atoms with Crippen molar-refractivity contribution in [2.75, 3.05) is 0 Å². The molecular weight excluding hydrogens is 178 g/mol. The zero-order chi connectivity index (χ0) is 11.1. The fourth-order valence-electron chi connectivity index (χ4n) is 1.27. The highest BCUT2D eigenvalue weighted by molar-refractivity contribution is 5.75. The minimum absolute atomic E-state index is 0.0316. The summed E-state index contributed by atoms with van der Waals surface area (Å²) in [6, 6.07) is 0.161. The number of carbonyl (C=O) groups excluding carboxylic acids is 1. The maximum absolute atomic E-state index is 11.6. The summed E-state index contributed by atoms with van der Waals surface area (Å²) in [5.41, 5.74) is 0. The van der Waals surface area contributed by atoms with Gasteiger partial charge in [-0.05, 0) is 20.3 Å². The van der Waals surface area contributed by atoms with Crippen LogP contribution in [0, 0.1) is 0 Å². The molecule has 0 fully saturated rings. The number of esters is 1. The van der Waals surface area contributed by atoms with E-state index in [1.165, 1.54) is 0 Å². The molecule has 0 rings (SSSR count). The molecule has 0 aliphatic heterocycles. The van der Waals surface area contributed by atoms with Gasteiger partial charge in [0.1, 0.15) is 6.04 Å². The summed E-state index contributed by atoms with van der Waals surface area (Å²) in [5, 5.41) is 3.21. The third-order valence-corrected chi connectivity index (χ3v) is 1.75. The van der Waals surface area contributed by atoms with E-state index >= 15 is 0 Å². The molecule has 14 heavy (non-hydrogen) atoms. The maximum Gasteiger partial charge on any atom is 0.323 e. The van der Waals surface area contributed by atoms with Crippen LogP contribution in [0.3, 0.4) is 0 Å². The molecule has 0 heterocycles. The quantitative estimate of drug-likeness (QED) is 0.669. The van der Waals surface area contributed by atoms with Crippen molar-refractivity contribution in [3.8, 4) is 0 Å². The first-order chi connectivity index (χ1) is 6.47. The predicted octanol–water partition coefficient (Wildman–Crippen LogP) is 2.10. The number of carbonyl (C=O) groups is 1. The second-order valence-electron chi connectivity index (χ2n) is 4.15. The first-order valence-electron chi connectivity index (χ1n) is 5.43. The van der Waals surface area contributed by atoms with E-state index in [0.29, 0.717) is 6.04 Å². The predicted molar refractivity (Wildman–Crippen MR) is 58.2 cm³/mol. The van der Waals surface area contributed by atoms with Gasteiger partial charge in [0.05, 0.1) is 6.10 Å². The van der Waals surface area contributed by atoms with Crippen LogP contribution in [0.4, 0.5) is 0 Å². The normalized spacial score (nSPS) is 13.4. The van der Waals surface area contributed by atoms with Crippen molar-refractivity contribution in [1.29, 1.82) is 0 Å². The Balaban J connectivity index is 4.10. The van der Waals surface area contributed by atoms with E-state index in [2.05, 4.69) is 12.2 Å². The molecule has 0 aliphatic rings. The van der Waals surface area contributed by atoms with Crippen LogP contribution in [0.1, 0.15) is 47.5 Å². The lowest BCUT2D eigenvalue weighted by atomic mass is 10.1. The van der Waals surface area contributed by atoms with Gasteiger partial charge in [0, 0.05) is 6.04 Å². The SMILES string of the molecule is CCC[C@H](NC(C)C)C(=O)OC(C)C. The Labute approximate surface area is 87.2 Å². The van der Waals surface area contributed by atoms with E-state index in [4.69, 9.17) is 4.74 Å². The van der Waals surface area contributed by atoms with Gasteiger partial charge >= 0.3 is 5.97 Å². The van der Waals surface area contributed by atoms with E-state index in [1.807, 2.05) is 27.7 Å². The highest BCUT2D eigenvalue weighted by Crippen LogP contribution is 2.03. The minimum Gasteiger partial charge on any atom is -0.462 e. The van der Waals surface area contributed by atoms with Crippen molar-refractivity contribution in [2.24, 2.45) is 0 Å². The third-order valence-electron chi connectivity index (χ3n) is 1.75. The van der Waals surface area contributed by atoms with Gasteiger partial charge in [0.2, 0.25) is 0 Å². The van der Waals surface area contributed by atoms with Crippen LogP contribution < -0.4 is 5.32 Å². The molecule has 0 bridgehead atoms. The van der Waals surface area contributed by atoms with Gasteiger partial charge in [-0.25, -0.2) is 0 Å². The zero-order valence-electron chi connectivity index (χ0n) is 9.96. The fraction of sp³-hybridized carbons (Fsp3) is 0.909. The number of nitrogens with one attached hydrogen (secondary N) is 1. The van der Waals surface area contributed by atoms with E-state index < -0.39 is 0 Å². The van der Waals surface area contributed by atoms with Gasteiger partial charge in [-0.15, -0.1) is 0 Å². The van der Waals surface area contributed by atoms with Crippen LogP contribution >= 0.6 is 0 Å². The average Bonchev–Trinajstić information content (AvgIpc) is 2.01. The van der Waals surface area contributed by atoms with Gasteiger partial charge in [0.15, 0.2) is 0 Å². The molecule has 3 nitrogen and oxygen atoms in total. The van der Waals surface area contributed by atoms with Gasteiger partial charge in [-0.1, -0.05) is 27.2 Å². The summed E-state index contributed by atoms with van der Waals surface area (Å²) < 4.78 is 5.16. The number of rotatable bonds is 6. The Bertz CT molecular complexity index is 167. The van der Waals surface area contributed by atoms with E-state index in [-0.39, 0.29) is 18.1 Å². The highest BCUT2D eigenvalue weighted by Gasteiger charge is 2.20. The third kappa shape index (κ3) is 5.97. The van der Waals surface area contributed by atoms with Crippen LogP contribution in [-0.4, -0.2) is 24.2 Å². The molecule has 0 aromatic carbocycles. The lowest BCUT2D eigenvalue weighted by molar-refractivity contribution is -0.150. The van der Waals surface area contributed by atoms with Crippen molar-refractivity contribution >= 4 is 5.97 Å². The minimum atomic E-state index is -0.151. The molecule has 3 heteroatoms.